The van der Waals surface area contributed by atoms with E-state index in [-0.39, 0.29) is 0 Å². The van der Waals surface area contributed by atoms with Crippen molar-refractivity contribution in [1.82, 2.24) is 0 Å². The van der Waals surface area contributed by atoms with Gasteiger partial charge >= 0.3 is 0 Å². The Balaban J connectivity index is 2.03. The summed E-state index contributed by atoms with van der Waals surface area (Å²) in [7, 11) is 0. The van der Waals surface area contributed by atoms with Crippen LogP contribution in [-0.2, 0) is 4.79 Å². The zero-order valence-electron chi connectivity index (χ0n) is 9.10. The number of rotatable bonds is 0. The van der Waals surface area contributed by atoms with Gasteiger partial charge in [0.1, 0.15) is 0 Å². The third-order valence-corrected chi connectivity index (χ3v) is 4.92. The van der Waals surface area contributed by atoms with Crippen molar-refractivity contribution in [1.29, 1.82) is 0 Å². The lowest BCUT2D eigenvalue weighted by Gasteiger charge is -2.58. The van der Waals surface area contributed by atoms with Gasteiger partial charge in [-0.05, 0) is 48.5 Å². The lowest BCUT2D eigenvalue weighted by Crippen LogP contribution is -2.50. The maximum atomic E-state index is 11.7. The van der Waals surface area contributed by atoms with Gasteiger partial charge in [-0.1, -0.05) is 19.4 Å². The normalized spacial score (nSPS) is 39.1. The van der Waals surface area contributed by atoms with E-state index < -0.39 is 0 Å². The fraction of sp³-hybridized carbons (Fsp3) is 0.769. The van der Waals surface area contributed by atoms with Crippen LogP contribution in [0.2, 0.25) is 0 Å². The van der Waals surface area contributed by atoms with E-state index in [9.17, 15) is 4.79 Å². The monoisotopic (exact) mass is 190 g/mol. The number of hydrogen-bond acceptors (Lipinski definition) is 1. The van der Waals surface area contributed by atoms with Gasteiger partial charge in [0, 0.05) is 6.42 Å². The van der Waals surface area contributed by atoms with E-state index in [1.165, 1.54) is 18.4 Å². The molecule has 1 nitrogen and oxygen atoms in total. The van der Waals surface area contributed by atoms with E-state index >= 15 is 0 Å². The van der Waals surface area contributed by atoms with Crippen molar-refractivity contribution >= 4 is 5.78 Å². The fourth-order valence-electron chi connectivity index (χ4n) is 3.75. The predicted octanol–water partition coefficient (Wildman–Crippen LogP) is 3.10. The molecule has 14 heavy (non-hydrogen) atoms. The zero-order valence-corrected chi connectivity index (χ0v) is 9.10. The van der Waals surface area contributed by atoms with Crippen molar-refractivity contribution in [2.75, 3.05) is 0 Å². The van der Waals surface area contributed by atoms with Gasteiger partial charge in [-0.15, -0.1) is 0 Å². The number of carbonyl (C=O) groups excluding carboxylic acids is 1. The van der Waals surface area contributed by atoms with Gasteiger partial charge in [-0.2, -0.15) is 0 Å². The van der Waals surface area contributed by atoms with Crippen LogP contribution in [0.3, 0.4) is 0 Å². The maximum absolute atomic E-state index is 11.7. The van der Waals surface area contributed by atoms with E-state index in [4.69, 9.17) is 0 Å². The van der Waals surface area contributed by atoms with Gasteiger partial charge in [0.2, 0.25) is 0 Å². The number of Topliss-reactive ketones (excluding diaryl/α,β-unsaturated/α-hetero) is 1. The van der Waals surface area contributed by atoms with Gasteiger partial charge in [0.05, 0.1) is 0 Å². The molecule has 0 saturated heterocycles. The Hall–Kier alpha value is -0.590. The number of carbonyl (C=O) groups is 1. The largest absolute Gasteiger partial charge is 0.295 e. The molecule has 0 aromatic carbocycles. The van der Waals surface area contributed by atoms with Crippen molar-refractivity contribution in [3.8, 4) is 0 Å². The predicted molar refractivity (Wildman–Crippen MR) is 55.9 cm³/mol. The lowest BCUT2D eigenvalue weighted by molar-refractivity contribution is -0.118. The standard InChI is InChI=1S/C13H18O/c1-13(2)8-6-10-9(11(13)7-8)4-3-5-12(10)14/h8,11H,3-7H2,1-2H3. The molecular weight excluding hydrogens is 172 g/mol. The summed E-state index contributed by atoms with van der Waals surface area (Å²) in [4.78, 5) is 11.7. The van der Waals surface area contributed by atoms with Gasteiger partial charge in [0.15, 0.2) is 5.78 Å². The molecule has 4 aliphatic rings. The summed E-state index contributed by atoms with van der Waals surface area (Å²) in [5.74, 6) is 2.02. The second kappa shape index (κ2) is 2.50. The lowest BCUT2D eigenvalue weighted by atomic mass is 9.46. The van der Waals surface area contributed by atoms with E-state index in [1.807, 2.05) is 0 Å². The first kappa shape index (κ1) is 8.70. The van der Waals surface area contributed by atoms with Crippen molar-refractivity contribution in [3.63, 3.8) is 0 Å². The molecule has 0 heterocycles. The summed E-state index contributed by atoms with van der Waals surface area (Å²) in [5, 5.41) is 0. The van der Waals surface area contributed by atoms with Crippen LogP contribution in [0.5, 0.6) is 0 Å². The third-order valence-electron chi connectivity index (χ3n) is 4.92. The summed E-state index contributed by atoms with van der Waals surface area (Å²) < 4.78 is 0. The Bertz CT molecular complexity index is 335. The van der Waals surface area contributed by atoms with Crippen LogP contribution >= 0.6 is 0 Å². The van der Waals surface area contributed by atoms with Crippen molar-refractivity contribution < 1.29 is 4.79 Å². The molecule has 0 aromatic heterocycles. The van der Waals surface area contributed by atoms with Gasteiger partial charge in [-0.3, -0.25) is 4.79 Å². The van der Waals surface area contributed by atoms with Crippen LogP contribution in [0.15, 0.2) is 11.1 Å². The molecule has 1 fully saturated rings. The van der Waals surface area contributed by atoms with Crippen LogP contribution in [0.4, 0.5) is 0 Å². The minimum absolute atomic E-state index is 0.469. The Morgan fingerprint density at radius 1 is 1.29 bits per heavy atom. The van der Waals surface area contributed by atoms with E-state index in [2.05, 4.69) is 13.8 Å². The van der Waals surface area contributed by atoms with Crippen LogP contribution in [0.1, 0.15) is 46.0 Å². The van der Waals surface area contributed by atoms with Crippen molar-refractivity contribution in [2.45, 2.75) is 46.0 Å². The fourth-order valence-corrected chi connectivity index (χ4v) is 3.75. The first-order valence-electron chi connectivity index (χ1n) is 5.86. The van der Waals surface area contributed by atoms with Gasteiger partial charge in [0.25, 0.3) is 0 Å². The molecule has 2 atom stereocenters. The molecule has 1 heteroatoms. The zero-order chi connectivity index (χ0) is 9.92. The Morgan fingerprint density at radius 3 is 2.79 bits per heavy atom. The molecule has 0 amide bonds. The highest BCUT2D eigenvalue weighted by molar-refractivity contribution is 5.97. The molecular formula is C13H18O. The van der Waals surface area contributed by atoms with Crippen molar-refractivity contribution in [3.05, 3.63) is 11.1 Å². The minimum Gasteiger partial charge on any atom is -0.295 e. The van der Waals surface area contributed by atoms with Crippen molar-refractivity contribution in [2.24, 2.45) is 17.3 Å². The minimum atomic E-state index is 0.469. The molecule has 2 unspecified atom stereocenters. The number of allylic oxidation sites excluding steroid dienone is 2. The summed E-state index contributed by atoms with van der Waals surface area (Å²) in [5.41, 5.74) is 3.29. The highest BCUT2D eigenvalue weighted by Gasteiger charge is 2.54. The Morgan fingerprint density at radius 2 is 2.07 bits per heavy atom. The first-order chi connectivity index (χ1) is 6.60. The van der Waals surface area contributed by atoms with E-state index in [1.54, 1.807) is 5.57 Å². The Labute approximate surface area is 85.6 Å². The van der Waals surface area contributed by atoms with Crippen LogP contribution in [0, 0.1) is 17.3 Å². The van der Waals surface area contributed by atoms with Crippen LogP contribution in [0.25, 0.3) is 0 Å². The van der Waals surface area contributed by atoms with E-state index in [0.29, 0.717) is 11.2 Å². The summed E-state index contributed by atoms with van der Waals surface area (Å²) >= 11 is 0. The number of hydrogen-bond donors (Lipinski definition) is 0. The highest BCUT2D eigenvalue weighted by Crippen LogP contribution is 2.62. The molecule has 0 spiro atoms. The van der Waals surface area contributed by atoms with Gasteiger partial charge < -0.3 is 0 Å². The Kier molecular flexibility index (Phi) is 1.55. The molecule has 1 saturated carbocycles. The molecule has 0 aliphatic heterocycles. The summed E-state index contributed by atoms with van der Waals surface area (Å²) in [6, 6.07) is 0. The quantitative estimate of drug-likeness (QED) is 0.573. The summed E-state index contributed by atoms with van der Waals surface area (Å²) in [6.07, 6.45) is 5.59. The second-order valence-corrected chi connectivity index (χ2v) is 5.79. The third kappa shape index (κ3) is 0.884. The number of ketones is 1. The molecule has 2 bridgehead atoms. The molecule has 0 N–H and O–H groups in total. The second-order valence-electron chi connectivity index (χ2n) is 5.79. The van der Waals surface area contributed by atoms with E-state index in [0.717, 1.165) is 31.1 Å². The smallest absolute Gasteiger partial charge is 0.158 e. The average Bonchev–Trinajstić information content (AvgIpc) is 2.17. The van der Waals surface area contributed by atoms with Crippen LogP contribution < -0.4 is 0 Å². The molecule has 76 valence electrons. The molecule has 0 aromatic rings. The maximum Gasteiger partial charge on any atom is 0.158 e. The topological polar surface area (TPSA) is 17.1 Å². The van der Waals surface area contributed by atoms with Crippen LogP contribution in [-0.4, -0.2) is 5.78 Å². The molecule has 4 rings (SSSR count). The first-order valence-corrected chi connectivity index (χ1v) is 5.86. The molecule has 4 aliphatic carbocycles. The van der Waals surface area contributed by atoms with Gasteiger partial charge in [-0.25, -0.2) is 0 Å². The average molecular weight is 190 g/mol. The summed E-state index contributed by atoms with van der Waals surface area (Å²) in [6.45, 7) is 4.77. The SMILES string of the molecule is CC1(C)C2CC3=C(CCCC3=O)C1C2. The molecule has 0 radical (unpaired) electrons. The highest BCUT2D eigenvalue weighted by atomic mass is 16.1.